The number of aliphatic hydroxyl groups excluding tert-OH is 1. The number of rotatable bonds is 16. The Kier molecular flexibility index (Phi) is 13.9. The first-order valence-electron chi connectivity index (χ1n) is 11.1. The fraction of sp³-hybridized carbons (Fsp3) is 0.739. The van der Waals surface area contributed by atoms with E-state index in [4.69, 9.17) is 19.3 Å². The number of carbonyl (C=O) groups excluding carboxylic acids is 2. The van der Waals surface area contributed by atoms with Gasteiger partial charge in [0.1, 0.15) is 5.76 Å². The van der Waals surface area contributed by atoms with Gasteiger partial charge in [-0.05, 0) is 70.4 Å². The molecule has 0 fully saturated rings. The highest BCUT2D eigenvalue weighted by atomic mass is 16.5. The Morgan fingerprint density at radius 3 is 2.31 bits per heavy atom. The summed E-state index contributed by atoms with van der Waals surface area (Å²) in [7, 11) is 0. The fourth-order valence-electron chi connectivity index (χ4n) is 3.44. The summed E-state index contributed by atoms with van der Waals surface area (Å²) in [5, 5.41) is 8.92. The Morgan fingerprint density at radius 1 is 0.931 bits per heavy atom. The molecule has 0 radical (unpaired) electrons. The lowest BCUT2D eigenvalue weighted by Gasteiger charge is -2.23. The van der Waals surface area contributed by atoms with Crippen molar-refractivity contribution in [3.05, 3.63) is 23.0 Å². The average molecular weight is 411 g/mol. The normalized spacial score (nSPS) is 13.8. The maximum Gasteiger partial charge on any atom is 0.306 e. The molecule has 1 N–H and O–H groups in total. The molecule has 0 bridgehead atoms. The fourth-order valence-corrected chi connectivity index (χ4v) is 3.44. The van der Waals surface area contributed by atoms with Crippen molar-refractivity contribution in [3.63, 3.8) is 0 Å². The third-order valence-corrected chi connectivity index (χ3v) is 4.86. The minimum atomic E-state index is -0.199. The first-order valence-corrected chi connectivity index (χ1v) is 11.1. The van der Waals surface area contributed by atoms with Gasteiger partial charge in [0, 0.05) is 19.4 Å². The van der Waals surface area contributed by atoms with Crippen LogP contribution in [-0.2, 0) is 23.8 Å². The van der Waals surface area contributed by atoms with Gasteiger partial charge in [-0.3, -0.25) is 9.59 Å². The Balaban J connectivity index is 2.64. The molecule has 0 heterocycles. The minimum Gasteiger partial charge on any atom is -0.494 e. The number of esters is 2. The molecule has 0 aliphatic heterocycles. The molecule has 0 aromatic heterocycles. The highest BCUT2D eigenvalue weighted by Crippen LogP contribution is 2.33. The van der Waals surface area contributed by atoms with Crippen molar-refractivity contribution in [2.45, 2.75) is 84.5 Å². The molecule has 0 aromatic carbocycles. The SMILES string of the molecule is CCOC(=O)CCCOC1=CCCC(CCCCCCO)=C1CCC(=O)OCC. The van der Waals surface area contributed by atoms with Crippen molar-refractivity contribution >= 4 is 11.9 Å². The van der Waals surface area contributed by atoms with E-state index in [0.29, 0.717) is 45.5 Å². The van der Waals surface area contributed by atoms with Crippen molar-refractivity contribution in [1.29, 1.82) is 0 Å². The number of hydrogen-bond donors (Lipinski definition) is 1. The van der Waals surface area contributed by atoms with E-state index in [1.54, 1.807) is 6.92 Å². The quantitative estimate of drug-likeness (QED) is 0.296. The van der Waals surface area contributed by atoms with E-state index >= 15 is 0 Å². The molecule has 0 unspecified atom stereocenters. The number of unbranched alkanes of at least 4 members (excludes halogenated alkanes) is 3. The first kappa shape index (κ1) is 25.2. The van der Waals surface area contributed by atoms with Crippen LogP contribution >= 0.6 is 0 Å². The van der Waals surface area contributed by atoms with Crippen LogP contribution in [0.3, 0.4) is 0 Å². The molecule has 1 aliphatic carbocycles. The molecule has 0 amide bonds. The molecular weight excluding hydrogens is 372 g/mol. The molecule has 0 aromatic rings. The van der Waals surface area contributed by atoms with E-state index in [2.05, 4.69) is 6.08 Å². The second-order valence-corrected chi connectivity index (χ2v) is 7.14. The number of hydrogen-bond acceptors (Lipinski definition) is 6. The first-order chi connectivity index (χ1) is 14.1. The third-order valence-electron chi connectivity index (χ3n) is 4.86. The van der Waals surface area contributed by atoms with Gasteiger partial charge < -0.3 is 19.3 Å². The Hall–Kier alpha value is -1.82. The van der Waals surface area contributed by atoms with Gasteiger partial charge in [0.05, 0.1) is 19.8 Å². The molecular formula is C23H38O6. The Bertz CT molecular complexity index is 550. The molecule has 0 atom stereocenters. The van der Waals surface area contributed by atoms with Crippen molar-refractivity contribution in [1.82, 2.24) is 0 Å². The van der Waals surface area contributed by atoms with E-state index < -0.39 is 0 Å². The van der Waals surface area contributed by atoms with Crippen LogP contribution < -0.4 is 0 Å². The van der Waals surface area contributed by atoms with E-state index in [1.807, 2.05) is 6.92 Å². The summed E-state index contributed by atoms with van der Waals surface area (Å²) < 4.78 is 16.0. The van der Waals surface area contributed by atoms with Gasteiger partial charge in [-0.1, -0.05) is 18.4 Å². The van der Waals surface area contributed by atoms with Crippen LogP contribution in [0.15, 0.2) is 23.0 Å². The van der Waals surface area contributed by atoms with Crippen molar-refractivity contribution in [2.24, 2.45) is 0 Å². The van der Waals surface area contributed by atoms with Gasteiger partial charge in [-0.15, -0.1) is 0 Å². The molecule has 29 heavy (non-hydrogen) atoms. The smallest absolute Gasteiger partial charge is 0.306 e. The van der Waals surface area contributed by atoms with E-state index in [9.17, 15) is 9.59 Å². The highest BCUT2D eigenvalue weighted by molar-refractivity contribution is 5.70. The summed E-state index contributed by atoms with van der Waals surface area (Å²) in [6, 6.07) is 0. The van der Waals surface area contributed by atoms with Gasteiger partial charge in [-0.25, -0.2) is 0 Å². The highest BCUT2D eigenvalue weighted by Gasteiger charge is 2.19. The molecule has 1 rings (SSSR count). The zero-order valence-corrected chi connectivity index (χ0v) is 18.2. The molecule has 0 saturated heterocycles. The van der Waals surface area contributed by atoms with Gasteiger partial charge in [-0.2, -0.15) is 0 Å². The molecule has 6 heteroatoms. The molecule has 166 valence electrons. The van der Waals surface area contributed by atoms with Crippen molar-refractivity contribution in [3.8, 4) is 0 Å². The summed E-state index contributed by atoms with van der Waals surface area (Å²) >= 11 is 0. The summed E-state index contributed by atoms with van der Waals surface area (Å²) in [5.41, 5.74) is 2.49. The lowest BCUT2D eigenvalue weighted by atomic mass is 9.89. The second-order valence-electron chi connectivity index (χ2n) is 7.14. The van der Waals surface area contributed by atoms with Crippen molar-refractivity contribution < 1.29 is 28.9 Å². The Labute approximate surface area is 175 Å². The van der Waals surface area contributed by atoms with Gasteiger partial charge in [0.2, 0.25) is 0 Å². The Morgan fingerprint density at radius 2 is 1.62 bits per heavy atom. The second kappa shape index (κ2) is 16.0. The van der Waals surface area contributed by atoms with Crippen LogP contribution in [0.2, 0.25) is 0 Å². The minimum absolute atomic E-state index is 0.186. The largest absolute Gasteiger partial charge is 0.494 e. The van der Waals surface area contributed by atoms with Crippen LogP contribution in [-0.4, -0.2) is 43.5 Å². The van der Waals surface area contributed by atoms with Gasteiger partial charge in [0.15, 0.2) is 0 Å². The van der Waals surface area contributed by atoms with Crippen LogP contribution in [0, 0.1) is 0 Å². The predicted molar refractivity (Wildman–Crippen MR) is 112 cm³/mol. The zero-order valence-electron chi connectivity index (χ0n) is 18.2. The molecule has 0 spiro atoms. The van der Waals surface area contributed by atoms with E-state index in [1.165, 1.54) is 5.57 Å². The van der Waals surface area contributed by atoms with Crippen molar-refractivity contribution in [2.75, 3.05) is 26.4 Å². The van der Waals surface area contributed by atoms with Crippen LogP contribution in [0.5, 0.6) is 0 Å². The number of aliphatic hydroxyl groups is 1. The summed E-state index contributed by atoms with van der Waals surface area (Å²) in [6.07, 6.45) is 11.0. The lowest BCUT2D eigenvalue weighted by Crippen LogP contribution is -2.11. The topological polar surface area (TPSA) is 82.1 Å². The number of ether oxygens (including phenoxy) is 3. The van der Waals surface area contributed by atoms with E-state index in [0.717, 1.165) is 56.3 Å². The van der Waals surface area contributed by atoms with Crippen LogP contribution in [0.25, 0.3) is 0 Å². The lowest BCUT2D eigenvalue weighted by molar-refractivity contribution is -0.144. The summed E-state index contributed by atoms with van der Waals surface area (Å²) in [5.74, 6) is 0.472. The third kappa shape index (κ3) is 11.1. The molecule has 0 saturated carbocycles. The maximum atomic E-state index is 11.8. The summed E-state index contributed by atoms with van der Waals surface area (Å²) in [4.78, 5) is 23.3. The summed E-state index contributed by atoms with van der Waals surface area (Å²) in [6.45, 7) is 5.11. The number of allylic oxidation sites excluding steroid dienone is 3. The van der Waals surface area contributed by atoms with E-state index in [-0.39, 0.29) is 18.5 Å². The van der Waals surface area contributed by atoms with Gasteiger partial charge >= 0.3 is 11.9 Å². The van der Waals surface area contributed by atoms with Gasteiger partial charge in [0.25, 0.3) is 0 Å². The van der Waals surface area contributed by atoms with Crippen LogP contribution in [0.4, 0.5) is 0 Å². The monoisotopic (exact) mass is 410 g/mol. The zero-order chi connectivity index (χ0) is 21.3. The van der Waals surface area contributed by atoms with Crippen LogP contribution in [0.1, 0.15) is 84.5 Å². The maximum absolute atomic E-state index is 11.8. The average Bonchev–Trinajstić information content (AvgIpc) is 2.70. The molecule has 1 aliphatic rings. The standard InChI is InChI=1S/C23H38O6/c1-3-27-22(25)14-10-18-29-21-13-9-12-19(11-7-5-6-8-17-24)20(21)15-16-23(26)28-4-2/h13,24H,3-12,14-18H2,1-2H3. The molecule has 6 nitrogen and oxygen atoms in total. The number of carbonyl (C=O) groups is 2. The predicted octanol–water partition coefficient (Wildman–Crippen LogP) is 4.61.